The fourth-order valence-corrected chi connectivity index (χ4v) is 4.56. The Hall–Kier alpha value is -3.57. The van der Waals surface area contributed by atoms with Gasteiger partial charge in [0.1, 0.15) is 23.2 Å². The van der Waals surface area contributed by atoms with Crippen molar-refractivity contribution in [2.24, 2.45) is 5.92 Å². The number of hydrogen-bond acceptors (Lipinski definition) is 8. The molecule has 200 valence electrons. The minimum Gasteiger partial charge on any atom is -0.493 e. The Morgan fingerprint density at radius 2 is 2.03 bits per heavy atom. The molecule has 1 aliphatic heterocycles. The van der Waals surface area contributed by atoms with E-state index in [2.05, 4.69) is 9.97 Å². The van der Waals surface area contributed by atoms with Crippen LogP contribution in [0.5, 0.6) is 11.6 Å². The maximum absolute atomic E-state index is 14.4. The maximum Gasteiger partial charge on any atom is 0.281 e. The number of benzene rings is 1. The fourth-order valence-electron chi connectivity index (χ4n) is 3.58. The Kier molecular flexibility index (Phi) is 8.03. The van der Waals surface area contributed by atoms with Crippen molar-refractivity contribution in [3.8, 4) is 22.9 Å². The first-order valence-electron chi connectivity index (χ1n) is 11.8. The van der Waals surface area contributed by atoms with Crippen molar-refractivity contribution in [1.82, 2.24) is 14.7 Å². The SMILES string of the molecule is Cc1cccc(S(=O)(=O)NC(=O)c2ccc(-c3cc(F)cc(OCC(C)C)c3)nc2O[C@H]2CCOC2)n1.[HH].[HH]. The summed E-state index contributed by atoms with van der Waals surface area (Å²) in [6, 6.07) is 11.6. The molecule has 1 aliphatic rings. The molecule has 2 aromatic heterocycles. The van der Waals surface area contributed by atoms with Gasteiger partial charge in [0.2, 0.25) is 5.88 Å². The maximum atomic E-state index is 14.4. The van der Waals surface area contributed by atoms with Crippen molar-refractivity contribution in [1.29, 1.82) is 0 Å². The van der Waals surface area contributed by atoms with Crippen LogP contribution in [-0.4, -0.2) is 50.2 Å². The molecule has 0 bridgehead atoms. The molecule has 4 rings (SSSR count). The summed E-state index contributed by atoms with van der Waals surface area (Å²) in [5, 5.41) is -0.286. The second-order valence-electron chi connectivity index (χ2n) is 9.08. The number of nitrogens with one attached hydrogen (secondary N) is 1. The van der Waals surface area contributed by atoms with E-state index in [4.69, 9.17) is 14.2 Å². The number of hydrogen-bond donors (Lipinski definition) is 1. The van der Waals surface area contributed by atoms with Gasteiger partial charge in [-0.15, -0.1) is 0 Å². The molecule has 3 heterocycles. The molecule has 1 saturated heterocycles. The van der Waals surface area contributed by atoms with Crippen LogP contribution in [0.25, 0.3) is 11.3 Å². The van der Waals surface area contributed by atoms with E-state index in [0.717, 1.165) is 0 Å². The van der Waals surface area contributed by atoms with Crippen LogP contribution in [0.3, 0.4) is 0 Å². The van der Waals surface area contributed by atoms with E-state index >= 15 is 0 Å². The van der Waals surface area contributed by atoms with Crippen molar-refractivity contribution in [2.75, 3.05) is 19.8 Å². The van der Waals surface area contributed by atoms with Crippen LogP contribution in [0, 0.1) is 18.7 Å². The molecular formula is C26H32FN3O6S. The van der Waals surface area contributed by atoms with Crippen molar-refractivity contribution in [2.45, 2.75) is 38.3 Å². The number of halogens is 1. The third kappa shape index (κ3) is 6.80. The largest absolute Gasteiger partial charge is 0.493 e. The van der Waals surface area contributed by atoms with Gasteiger partial charge in [0.05, 0.1) is 25.5 Å². The highest BCUT2D eigenvalue weighted by molar-refractivity contribution is 7.90. The van der Waals surface area contributed by atoms with Gasteiger partial charge in [0, 0.05) is 26.6 Å². The predicted molar refractivity (Wildman–Crippen MR) is 138 cm³/mol. The van der Waals surface area contributed by atoms with Gasteiger partial charge in [-0.1, -0.05) is 19.9 Å². The highest BCUT2D eigenvalue weighted by Crippen LogP contribution is 2.29. The summed E-state index contributed by atoms with van der Waals surface area (Å²) in [7, 11) is -4.25. The van der Waals surface area contributed by atoms with E-state index in [9.17, 15) is 17.6 Å². The van der Waals surface area contributed by atoms with E-state index in [0.29, 0.717) is 48.9 Å². The van der Waals surface area contributed by atoms with E-state index in [1.54, 1.807) is 19.1 Å². The number of aromatic nitrogens is 2. The van der Waals surface area contributed by atoms with E-state index in [-0.39, 0.29) is 31.3 Å². The smallest absolute Gasteiger partial charge is 0.281 e. The summed E-state index contributed by atoms with van der Waals surface area (Å²) >= 11 is 0. The Bertz CT molecular complexity index is 1400. The first kappa shape index (κ1) is 26.5. The van der Waals surface area contributed by atoms with Gasteiger partial charge >= 0.3 is 0 Å². The molecule has 1 atom stereocenters. The van der Waals surface area contributed by atoms with Crippen molar-refractivity contribution in [3.05, 3.63) is 65.6 Å². The highest BCUT2D eigenvalue weighted by atomic mass is 32.2. The average molecular weight is 534 g/mol. The molecule has 1 amide bonds. The minimum absolute atomic E-state index is 0. The van der Waals surface area contributed by atoms with Crippen LogP contribution in [0.15, 0.2) is 53.6 Å². The molecule has 1 N–H and O–H groups in total. The van der Waals surface area contributed by atoms with E-state index < -0.39 is 21.7 Å². The van der Waals surface area contributed by atoms with Gasteiger partial charge < -0.3 is 14.2 Å². The number of sulfonamides is 1. The van der Waals surface area contributed by atoms with Crippen molar-refractivity contribution in [3.63, 3.8) is 0 Å². The Morgan fingerprint density at radius 3 is 2.73 bits per heavy atom. The van der Waals surface area contributed by atoms with E-state index in [1.807, 2.05) is 18.6 Å². The number of aryl methyl sites for hydroxylation is 1. The molecule has 0 radical (unpaired) electrons. The predicted octanol–water partition coefficient (Wildman–Crippen LogP) is 4.40. The molecule has 37 heavy (non-hydrogen) atoms. The number of ether oxygens (including phenoxy) is 3. The third-order valence-electron chi connectivity index (χ3n) is 5.39. The van der Waals surface area contributed by atoms with Gasteiger partial charge in [-0.25, -0.2) is 19.1 Å². The van der Waals surface area contributed by atoms with Gasteiger partial charge in [0.25, 0.3) is 15.9 Å². The zero-order valence-corrected chi connectivity index (χ0v) is 21.5. The molecule has 0 aliphatic carbocycles. The lowest BCUT2D eigenvalue weighted by Crippen LogP contribution is -2.32. The van der Waals surface area contributed by atoms with Crippen LogP contribution < -0.4 is 14.2 Å². The summed E-state index contributed by atoms with van der Waals surface area (Å²) in [5.74, 6) is -0.940. The van der Waals surface area contributed by atoms with Crippen LogP contribution in [0.1, 0.15) is 39.2 Å². The second kappa shape index (κ2) is 11.2. The number of pyridine rings is 2. The Labute approximate surface area is 218 Å². The zero-order valence-electron chi connectivity index (χ0n) is 20.7. The van der Waals surface area contributed by atoms with Crippen LogP contribution in [0.2, 0.25) is 0 Å². The first-order valence-corrected chi connectivity index (χ1v) is 13.3. The standard InChI is InChI=1S/C26H28FN3O6S.2H2/c1-16(2)14-35-21-12-18(11-19(27)13-21)23-8-7-22(26(29-23)36-20-9-10-34-15-20)25(31)30-37(32,33)24-6-4-5-17(3)28-24;;/h4-8,11-13,16,20H,9-10,14-15H2,1-3H3,(H,30,31);2*1H/t20-;;/m0../s1. The summed E-state index contributed by atoms with van der Waals surface area (Å²) < 4.78 is 58.9. The highest BCUT2D eigenvalue weighted by Gasteiger charge is 2.26. The third-order valence-corrected chi connectivity index (χ3v) is 6.62. The van der Waals surface area contributed by atoms with Gasteiger partial charge in [-0.3, -0.25) is 4.79 Å². The molecule has 0 saturated carbocycles. The lowest BCUT2D eigenvalue weighted by molar-refractivity contribution is 0.0968. The van der Waals surface area contributed by atoms with Gasteiger partial charge in [0.15, 0.2) is 5.03 Å². The van der Waals surface area contributed by atoms with Crippen LogP contribution in [0.4, 0.5) is 4.39 Å². The molecule has 11 heteroatoms. The number of nitrogens with zero attached hydrogens (tertiary/aromatic N) is 2. The molecule has 1 fully saturated rings. The fraction of sp³-hybridized carbons (Fsp3) is 0.346. The molecular weight excluding hydrogens is 501 g/mol. The minimum atomic E-state index is -4.25. The van der Waals surface area contributed by atoms with Crippen molar-refractivity contribution < 1.29 is 34.7 Å². The Morgan fingerprint density at radius 1 is 1.22 bits per heavy atom. The lowest BCUT2D eigenvalue weighted by atomic mass is 10.1. The van der Waals surface area contributed by atoms with E-state index in [1.165, 1.54) is 36.4 Å². The number of carbonyl (C=O) groups is 1. The lowest BCUT2D eigenvalue weighted by Gasteiger charge is -2.16. The summed E-state index contributed by atoms with van der Waals surface area (Å²) in [5.41, 5.74) is 1.12. The molecule has 0 spiro atoms. The Balaban J connectivity index is 0.00000267. The summed E-state index contributed by atoms with van der Waals surface area (Å²) in [6.45, 7) is 6.81. The van der Waals surface area contributed by atoms with Crippen LogP contribution >= 0.6 is 0 Å². The molecule has 0 unspecified atom stereocenters. The number of amides is 1. The molecule has 3 aromatic rings. The van der Waals surface area contributed by atoms with Crippen LogP contribution in [-0.2, 0) is 14.8 Å². The molecule has 9 nitrogen and oxygen atoms in total. The zero-order chi connectivity index (χ0) is 26.6. The second-order valence-corrected chi connectivity index (χ2v) is 10.7. The topological polar surface area (TPSA) is 117 Å². The quantitative estimate of drug-likeness (QED) is 0.430. The average Bonchev–Trinajstić information content (AvgIpc) is 3.35. The first-order chi connectivity index (χ1) is 17.6. The summed E-state index contributed by atoms with van der Waals surface area (Å²) in [6.07, 6.45) is 0.202. The molecule has 1 aromatic carbocycles. The summed E-state index contributed by atoms with van der Waals surface area (Å²) in [4.78, 5) is 21.5. The van der Waals surface area contributed by atoms with Gasteiger partial charge in [-0.05, 0) is 49.2 Å². The van der Waals surface area contributed by atoms with Crippen molar-refractivity contribution >= 4 is 15.9 Å². The number of carbonyl (C=O) groups excluding carboxylic acids is 1. The number of rotatable bonds is 9. The monoisotopic (exact) mass is 533 g/mol. The normalized spacial score (nSPS) is 15.5. The van der Waals surface area contributed by atoms with Gasteiger partial charge in [-0.2, -0.15) is 8.42 Å².